The number of fused-ring (bicyclic) bond motifs is 6. The molecule has 0 aliphatic rings. The third-order valence-corrected chi connectivity index (χ3v) is 11.7. The second-order valence-electron chi connectivity index (χ2n) is 16.6. The van der Waals surface area contributed by atoms with E-state index in [2.05, 4.69) is 20.8 Å². The van der Waals surface area contributed by atoms with Gasteiger partial charge >= 0.3 is 0 Å². The first-order valence-corrected chi connectivity index (χ1v) is 23.5. The Hall–Kier alpha value is -3.54. The van der Waals surface area contributed by atoms with Gasteiger partial charge in [0.25, 0.3) is 0 Å². The van der Waals surface area contributed by atoms with Gasteiger partial charge in [-0.25, -0.2) is 0 Å². The standard InChI is InChI=1S/C51H78O6/c1-4-7-10-13-16-19-22-25-28-31-55-49-37-43-40(34-46(49)52)41-35-47(53)50(56-32-29-26-23-20-17-14-11-8-5-2)38-44(41)45-39-51(48(54)36-42(43)45)57-33-30-27-24-21-18-15-12-9-6-3/h34-39,52-54H,4-33H2,1-3H3. The van der Waals surface area contributed by atoms with Crippen molar-refractivity contribution < 1.29 is 29.5 Å². The summed E-state index contributed by atoms with van der Waals surface area (Å²) in [6.45, 7) is 8.37. The summed E-state index contributed by atoms with van der Waals surface area (Å²) in [5.74, 6) is 1.55. The molecule has 3 N–H and O–H groups in total. The highest BCUT2D eigenvalue weighted by atomic mass is 16.5. The van der Waals surface area contributed by atoms with Gasteiger partial charge in [-0.05, 0) is 88.0 Å². The highest BCUT2D eigenvalue weighted by Crippen LogP contribution is 2.46. The molecule has 0 heterocycles. The second-order valence-corrected chi connectivity index (χ2v) is 16.6. The number of hydrogen-bond donors (Lipinski definition) is 3. The largest absolute Gasteiger partial charge is 0.504 e. The van der Waals surface area contributed by atoms with E-state index in [0.29, 0.717) is 37.1 Å². The summed E-state index contributed by atoms with van der Waals surface area (Å²) < 4.78 is 18.6. The van der Waals surface area contributed by atoms with Gasteiger partial charge < -0.3 is 29.5 Å². The number of aromatic hydroxyl groups is 3. The van der Waals surface area contributed by atoms with E-state index in [1.165, 1.54) is 135 Å². The van der Waals surface area contributed by atoms with Crippen LogP contribution >= 0.6 is 0 Å². The van der Waals surface area contributed by atoms with E-state index in [1.807, 2.05) is 18.2 Å². The summed E-state index contributed by atoms with van der Waals surface area (Å²) in [5, 5.41) is 38.7. The molecule has 0 saturated heterocycles. The molecule has 6 nitrogen and oxygen atoms in total. The lowest BCUT2D eigenvalue weighted by atomic mass is 9.93. The quantitative estimate of drug-likeness (QED) is 0.0329. The van der Waals surface area contributed by atoms with E-state index < -0.39 is 0 Å². The van der Waals surface area contributed by atoms with Crippen LogP contribution in [0.3, 0.4) is 0 Å². The van der Waals surface area contributed by atoms with Gasteiger partial charge in [-0.1, -0.05) is 175 Å². The van der Waals surface area contributed by atoms with Crippen molar-refractivity contribution in [1.82, 2.24) is 0 Å². The number of rotatable bonds is 33. The van der Waals surface area contributed by atoms with E-state index in [0.717, 1.165) is 70.8 Å². The molecular weight excluding hydrogens is 709 g/mol. The Bertz CT molecular complexity index is 1710. The van der Waals surface area contributed by atoms with Crippen LogP contribution in [-0.4, -0.2) is 35.1 Å². The van der Waals surface area contributed by atoms with E-state index in [4.69, 9.17) is 14.2 Å². The molecule has 4 aromatic carbocycles. The summed E-state index contributed by atoms with van der Waals surface area (Å²) in [4.78, 5) is 0. The van der Waals surface area contributed by atoms with Crippen molar-refractivity contribution in [3.8, 4) is 34.5 Å². The highest BCUT2D eigenvalue weighted by Gasteiger charge is 2.18. The normalized spacial score (nSPS) is 11.6. The molecule has 0 atom stereocenters. The van der Waals surface area contributed by atoms with Crippen LogP contribution in [0.2, 0.25) is 0 Å². The van der Waals surface area contributed by atoms with Crippen LogP contribution in [0.1, 0.15) is 194 Å². The average molecular weight is 787 g/mol. The van der Waals surface area contributed by atoms with E-state index in [1.54, 1.807) is 18.2 Å². The summed E-state index contributed by atoms with van der Waals surface area (Å²) in [6.07, 6.45) is 33.3. The van der Waals surface area contributed by atoms with Gasteiger partial charge in [-0.3, -0.25) is 0 Å². The van der Waals surface area contributed by atoms with Gasteiger partial charge in [-0.15, -0.1) is 0 Å². The third-order valence-electron chi connectivity index (χ3n) is 11.7. The van der Waals surface area contributed by atoms with Crippen molar-refractivity contribution in [3.05, 3.63) is 36.4 Å². The minimum Gasteiger partial charge on any atom is -0.504 e. The number of phenols is 3. The zero-order chi connectivity index (χ0) is 40.5. The van der Waals surface area contributed by atoms with Gasteiger partial charge in [-0.2, -0.15) is 0 Å². The fraction of sp³-hybridized carbons (Fsp3) is 0.647. The van der Waals surface area contributed by atoms with Crippen molar-refractivity contribution in [1.29, 1.82) is 0 Å². The van der Waals surface area contributed by atoms with Crippen LogP contribution in [0.5, 0.6) is 34.5 Å². The summed E-state index contributed by atoms with van der Waals surface area (Å²) in [5.41, 5.74) is 0. The number of unbranched alkanes of at least 4 members (excludes halogenated alkanes) is 24. The maximum Gasteiger partial charge on any atom is 0.161 e. The zero-order valence-electron chi connectivity index (χ0n) is 36.2. The predicted octanol–water partition coefficient (Wildman–Crippen LogP) is 16.0. The molecular formula is C51H78O6. The average Bonchev–Trinajstić information content (AvgIpc) is 3.21. The first-order chi connectivity index (χ1) is 28.0. The molecule has 0 saturated carbocycles. The summed E-state index contributed by atoms with van der Waals surface area (Å²) in [7, 11) is 0. The minimum absolute atomic E-state index is 0.0642. The van der Waals surface area contributed by atoms with Gasteiger partial charge in [0, 0.05) is 0 Å². The fourth-order valence-electron chi connectivity index (χ4n) is 8.17. The Balaban J connectivity index is 1.50. The van der Waals surface area contributed by atoms with Crippen LogP contribution < -0.4 is 14.2 Å². The molecule has 0 spiro atoms. The van der Waals surface area contributed by atoms with Crippen LogP contribution in [0.4, 0.5) is 0 Å². The number of ether oxygens (including phenoxy) is 3. The summed E-state index contributed by atoms with van der Waals surface area (Å²) >= 11 is 0. The zero-order valence-corrected chi connectivity index (χ0v) is 36.2. The number of phenolic OH excluding ortho intramolecular Hbond substituents is 3. The highest BCUT2D eigenvalue weighted by molar-refractivity contribution is 6.26. The Morgan fingerprint density at radius 1 is 0.281 bits per heavy atom. The molecule has 6 heteroatoms. The van der Waals surface area contributed by atoms with E-state index in [-0.39, 0.29) is 17.2 Å². The van der Waals surface area contributed by atoms with Gasteiger partial charge in [0.05, 0.1) is 19.8 Å². The molecule has 0 aromatic heterocycles. The molecule has 0 amide bonds. The molecule has 318 valence electrons. The predicted molar refractivity (Wildman–Crippen MR) is 242 cm³/mol. The molecule has 0 fully saturated rings. The van der Waals surface area contributed by atoms with Crippen molar-refractivity contribution in [3.63, 3.8) is 0 Å². The third kappa shape index (κ3) is 15.6. The van der Waals surface area contributed by atoms with Crippen molar-refractivity contribution >= 4 is 32.3 Å². The van der Waals surface area contributed by atoms with Crippen LogP contribution in [-0.2, 0) is 0 Å². The number of hydrogen-bond acceptors (Lipinski definition) is 6. The lowest BCUT2D eigenvalue weighted by Gasteiger charge is -2.17. The maximum absolute atomic E-state index is 11.3. The second kappa shape index (κ2) is 27.2. The maximum atomic E-state index is 11.3. The van der Waals surface area contributed by atoms with Crippen LogP contribution in [0.15, 0.2) is 36.4 Å². The monoisotopic (exact) mass is 787 g/mol. The lowest BCUT2D eigenvalue weighted by Crippen LogP contribution is -2.00. The van der Waals surface area contributed by atoms with Crippen molar-refractivity contribution in [2.24, 2.45) is 0 Å². The molecule has 0 bridgehead atoms. The molecule has 0 radical (unpaired) electrons. The van der Waals surface area contributed by atoms with Gasteiger partial charge in [0.15, 0.2) is 34.5 Å². The first-order valence-electron chi connectivity index (χ1n) is 23.5. The molecule has 0 aliphatic heterocycles. The molecule has 4 rings (SSSR count). The van der Waals surface area contributed by atoms with Gasteiger partial charge in [0.1, 0.15) is 0 Å². The summed E-state index contributed by atoms with van der Waals surface area (Å²) in [6, 6.07) is 11.0. The lowest BCUT2D eigenvalue weighted by molar-refractivity contribution is 0.289. The minimum atomic E-state index is 0.0642. The Morgan fingerprint density at radius 3 is 0.702 bits per heavy atom. The SMILES string of the molecule is CCCCCCCCCCCOc1cc2c(cc1O)c1cc(O)c(OCCCCCCCCCCC)cc1c1cc(OCCCCCCCCCCC)c(O)cc21. The fourth-order valence-corrected chi connectivity index (χ4v) is 8.17. The van der Waals surface area contributed by atoms with Crippen LogP contribution in [0.25, 0.3) is 32.3 Å². The van der Waals surface area contributed by atoms with Crippen molar-refractivity contribution in [2.45, 2.75) is 194 Å². The van der Waals surface area contributed by atoms with Crippen LogP contribution in [0, 0.1) is 0 Å². The Kier molecular flexibility index (Phi) is 22.0. The topological polar surface area (TPSA) is 88.4 Å². The first kappa shape index (κ1) is 46.2. The Labute approximate surface area is 345 Å². The number of benzene rings is 4. The smallest absolute Gasteiger partial charge is 0.161 e. The Morgan fingerprint density at radius 2 is 0.474 bits per heavy atom. The molecule has 0 unspecified atom stereocenters. The molecule has 4 aromatic rings. The van der Waals surface area contributed by atoms with E-state index >= 15 is 0 Å². The molecule has 57 heavy (non-hydrogen) atoms. The molecule has 0 aliphatic carbocycles. The van der Waals surface area contributed by atoms with E-state index in [9.17, 15) is 15.3 Å². The van der Waals surface area contributed by atoms with Gasteiger partial charge in [0.2, 0.25) is 0 Å². The van der Waals surface area contributed by atoms with Crippen molar-refractivity contribution in [2.75, 3.05) is 19.8 Å².